The number of ether oxygens (including phenoxy) is 2. The topological polar surface area (TPSA) is 45.5 Å². The molecule has 1 saturated heterocycles. The van der Waals surface area contributed by atoms with Crippen LogP contribution in [0.3, 0.4) is 0 Å². The lowest BCUT2D eigenvalue weighted by atomic mass is 10.1. The fourth-order valence-corrected chi connectivity index (χ4v) is 2.97. The van der Waals surface area contributed by atoms with Gasteiger partial charge in [0.05, 0.1) is 24.3 Å². The van der Waals surface area contributed by atoms with Crippen LogP contribution >= 0.6 is 15.9 Å². The van der Waals surface area contributed by atoms with Gasteiger partial charge in [-0.2, -0.15) is 5.26 Å². The Hall–Kier alpha value is -1.87. The van der Waals surface area contributed by atoms with Gasteiger partial charge in [-0.25, -0.2) is 0 Å². The van der Waals surface area contributed by atoms with Crippen LogP contribution in [0.4, 0.5) is 0 Å². The van der Waals surface area contributed by atoms with E-state index in [9.17, 15) is 0 Å². The summed E-state index contributed by atoms with van der Waals surface area (Å²) in [7, 11) is 0. The van der Waals surface area contributed by atoms with Gasteiger partial charge in [0.15, 0.2) is 0 Å². The van der Waals surface area contributed by atoms with E-state index < -0.39 is 0 Å². The summed E-state index contributed by atoms with van der Waals surface area (Å²) < 4.78 is 12.7. The second-order valence-corrected chi connectivity index (χ2v) is 6.61. The predicted molar refractivity (Wildman–Crippen MR) is 95.9 cm³/mol. The molecule has 4 nitrogen and oxygen atoms in total. The third kappa shape index (κ3) is 4.57. The molecule has 0 aromatic heterocycles. The Morgan fingerprint density at radius 1 is 1.17 bits per heavy atom. The van der Waals surface area contributed by atoms with Gasteiger partial charge >= 0.3 is 0 Å². The molecular formula is C19H19BrN2O2. The fraction of sp³-hybridized carbons (Fsp3) is 0.316. The molecule has 0 radical (unpaired) electrons. The first-order valence-corrected chi connectivity index (χ1v) is 8.76. The number of halogens is 1. The number of hydrogen-bond acceptors (Lipinski definition) is 4. The van der Waals surface area contributed by atoms with E-state index in [0.717, 1.165) is 36.5 Å². The SMILES string of the molecule is N#Cc1ccc(OCCN2CCOC(c3ccc(Br)cc3)C2)cc1. The molecule has 1 atom stereocenters. The van der Waals surface area contributed by atoms with E-state index >= 15 is 0 Å². The monoisotopic (exact) mass is 386 g/mol. The van der Waals surface area contributed by atoms with Gasteiger partial charge in [-0.1, -0.05) is 28.1 Å². The van der Waals surface area contributed by atoms with Crippen molar-refractivity contribution in [1.29, 1.82) is 5.26 Å². The van der Waals surface area contributed by atoms with Gasteiger partial charge in [-0.05, 0) is 42.0 Å². The molecule has 0 N–H and O–H groups in total. The van der Waals surface area contributed by atoms with Crippen LogP contribution in [0.2, 0.25) is 0 Å². The summed E-state index contributed by atoms with van der Waals surface area (Å²) in [6, 6.07) is 17.6. The minimum absolute atomic E-state index is 0.113. The van der Waals surface area contributed by atoms with Crippen molar-refractivity contribution in [3.63, 3.8) is 0 Å². The average Bonchev–Trinajstić information content (AvgIpc) is 2.63. The molecule has 1 unspecified atom stereocenters. The highest BCUT2D eigenvalue weighted by atomic mass is 79.9. The molecule has 124 valence electrons. The smallest absolute Gasteiger partial charge is 0.119 e. The number of hydrogen-bond donors (Lipinski definition) is 0. The van der Waals surface area contributed by atoms with Gasteiger partial charge in [-0.3, -0.25) is 4.90 Å². The van der Waals surface area contributed by atoms with Crippen molar-refractivity contribution in [2.75, 3.05) is 32.8 Å². The number of benzene rings is 2. The molecule has 1 heterocycles. The number of nitriles is 1. The normalized spacial score (nSPS) is 18.1. The molecule has 0 saturated carbocycles. The molecule has 1 fully saturated rings. The Balaban J connectivity index is 1.48. The lowest BCUT2D eigenvalue weighted by Crippen LogP contribution is -2.40. The van der Waals surface area contributed by atoms with E-state index in [2.05, 4.69) is 39.0 Å². The Morgan fingerprint density at radius 2 is 1.92 bits per heavy atom. The number of rotatable bonds is 5. The number of nitrogens with zero attached hydrogens (tertiary/aromatic N) is 2. The Morgan fingerprint density at radius 3 is 2.62 bits per heavy atom. The van der Waals surface area contributed by atoms with Crippen LogP contribution in [-0.2, 0) is 4.74 Å². The number of morpholine rings is 1. The minimum atomic E-state index is 0.113. The van der Waals surface area contributed by atoms with Crippen LogP contribution in [0.1, 0.15) is 17.2 Å². The standard InChI is InChI=1S/C19H19BrN2O2/c20-17-5-3-16(4-6-17)19-14-22(10-12-24-19)9-11-23-18-7-1-15(13-21)2-8-18/h1-8,19H,9-12,14H2. The van der Waals surface area contributed by atoms with Crippen molar-refractivity contribution in [1.82, 2.24) is 4.90 Å². The van der Waals surface area contributed by atoms with Gasteiger partial charge in [0.1, 0.15) is 12.4 Å². The Bertz CT molecular complexity index is 695. The lowest BCUT2D eigenvalue weighted by molar-refractivity contribution is -0.0329. The molecule has 0 bridgehead atoms. The minimum Gasteiger partial charge on any atom is -0.492 e. The van der Waals surface area contributed by atoms with Gasteiger partial charge in [0.25, 0.3) is 0 Å². The lowest BCUT2D eigenvalue weighted by Gasteiger charge is -2.33. The maximum atomic E-state index is 8.80. The summed E-state index contributed by atoms with van der Waals surface area (Å²) in [6.45, 7) is 4.01. The van der Waals surface area contributed by atoms with Crippen molar-refractivity contribution < 1.29 is 9.47 Å². The first kappa shape index (κ1) is 17.0. The predicted octanol–water partition coefficient (Wildman–Crippen LogP) is 3.77. The molecular weight excluding hydrogens is 368 g/mol. The molecule has 24 heavy (non-hydrogen) atoms. The highest BCUT2D eigenvalue weighted by Gasteiger charge is 2.21. The highest BCUT2D eigenvalue weighted by molar-refractivity contribution is 9.10. The van der Waals surface area contributed by atoms with Crippen LogP contribution in [0.5, 0.6) is 5.75 Å². The second kappa shape index (κ2) is 8.29. The van der Waals surface area contributed by atoms with Crippen molar-refractivity contribution in [2.45, 2.75) is 6.10 Å². The van der Waals surface area contributed by atoms with E-state index in [0.29, 0.717) is 12.2 Å². The molecule has 2 aromatic rings. The van der Waals surface area contributed by atoms with Crippen LogP contribution < -0.4 is 4.74 Å². The molecule has 3 rings (SSSR count). The molecule has 0 amide bonds. The maximum Gasteiger partial charge on any atom is 0.119 e. The molecule has 5 heteroatoms. The van der Waals surface area contributed by atoms with Crippen LogP contribution in [0.25, 0.3) is 0 Å². The van der Waals surface area contributed by atoms with Crippen molar-refractivity contribution in [2.24, 2.45) is 0 Å². The summed E-state index contributed by atoms with van der Waals surface area (Å²) >= 11 is 3.46. The summed E-state index contributed by atoms with van der Waals surface area (Å²) in [5, 5.41) is 8.80. The van der Waals surface area contributed by atoms with Gasteiger partial charge in [0, 0.05) is 24.1 Å². The third-order valence-electron chi connectivity index (χ3n) is 4.05. The van der Waals surface area contributed by atoms with E-state index in [1.165, 1.54) is 5.56 Å². The molecule has 1 aliphatic rings. The largest absolute Gasteiger partial charge is 0.492 e. The first-order valence-electron chi connectivity index (χ1n) is 7.97. The zero-order valence-corrected chi connectivity index (χ0v) is 14.9. The van der Waals surface area contributed by atoms with E-state index in [1.54, 1.807) is 12.1 Å². The quantitative estimate of drug-likeness (QED) is 0.784. The van der Waals surface area contributed by atoms with Gasteiger partial charge in [0.2, 0.25) is 0 Å². The summed E-state index contributed by atoms with van der Waals surface area (Å²) in [5.74, 6) is 0.798. The molecule has 0 spiro atoms. The van der Waals surface area contributed by atoms with Gasteiger partial charge in [-0.15, -0.1) is 0 Å². The molecule has 2 aromatic carbocycles. The van der Waals surface area contributed by atoms with Gasteiger partial charge < -0.3 is 9.47 Å². The van der Waals surface area contributed by atoms with E-state index in [-0.39, 0.29) is 6.10 Å². The van der Waals surface area contributed by atoms with Crippen molar-refractivity contribution in [3.05, 3.63) is 64.1 Å². The summed E-state index contributed by atoms with van der Waals surface area (Å²) in [5.41, 5.74) is 1.85. The van der Waals surface area contributed by atoms with Crippen LogP contribution in [0.15, 0.2) is 53.0 Å². The van der Waals surface area contributed by atoms with Crippen molar-refractivity contribution >= 4 is 15.9 Å². The first-order chi connectivity index (χ1) is 11.7. The summed E-state index contributed by atoms with van der Waals surface area (Å²) in [6.07, 6.45) is 0.113. The summed E-state index contributed by atoms with van der Waals surface area (Å²) in [4.78, 5) is 2.36. The highest BCUT2D eigenvalue weighted by Crippen LogP contribution is 2.23. The van der Waals surface area contributed by atoms with E-state index in [4.69, 9.17) is 14.7 Å². The van der Waals surface area contributed by atoms with Crippen LogP contribution in [-0.4, -0.2) is 37.7 Å². The maximum absolute atomic E-state index is 8.80. The Kier molecular flexibility index (Phi) is 5.86. The van der Waals surface area contributed by atoms with E-state index in [1.807, 2.05) is 24.3 Å². The third-order valence-corrected chi connectivity index (χ3v) is 4.58. The second-order valence-electron chi connectivity index (χ2n) is 5.70. The van der Waals surface area contributed by atoms with Crippen LogP contribution in [0, 0.1) is 11.3 Å². The van der Waals surface area contributed by atoms with Crippen molar-refractivity contribution in [3.8, 4) is 11.8 Å². The zero-order valence-electron chi connectivity index (χ0n) is 13.3. The fourth-order valence-electron chi connectivity index (χ4n) is 2.70. The molecule has 1 aliphatic heterocycles. The average molecular weight is 387 g/mol. The molecule has 0 aliphatic carbocycles. The Labute approximate surface area is 150 Å². The zero-order chi connectivity index (χ0) is 16.8.